The molecule has 14 nitrogen and oxygen atoms in total. The van der Waals surface area contributed by atoms with Crippen molar-refractivity contribution >= 4 is 75.0 Å². The van der Waals surface area contributed by atoms with Crippen molar-refractivity contribution in [2.24, 2.45) is 10.9 Å². The van der Waals surface area contributed by atoms with Crippen molar-refractivity contribution in [2.75, 3.05) is 23.8 Å². The standard InChI is InChI=1S/C18H21N9O5S4/c1-3-32-25-8(11-22-17(20)36-26-11)12(28)21-9-14(29)27-10(16(30)31)7(4-33-15(9)27)5-34-18-24-23-13(35-18)6(2)19/h6,9,15H,3-5,19H2,1-2H3,(H,21,28)(H,30,31)(H2,20,22,26)/b25-8+. The van der Waals surface area contributed by atoms with Gasteiger partial charge >= 0.3 is 5.97 Å². The topological polar surface area (TPSA) is 212 Å². The van der Waals surface area contributed by atoms with Crippen molar-refractivity contribution in [3.8, 4) is 0 Å². The molecule has 4 rings (SSSR count). The minimum absolute atomic E-state index is 0.0299. The summed E-state index contributed by atoms with van der Waals surface area (Å²) in [7, 11) is 0. The molecule has 4 heterocycles. The number of anilines is 1. The van der Waals surface area contributed by atoms with Gasteiger partial charge in [0.25, 0.3) is 11.8 Å². The first-order valence-electron chi connectivity index (χ1n) is 10.4. The number of hydrogen-bond acceptors (Lipinski definition) is 15. The van der Waals surface area contributed by atoms with Gasteiger partial charge in [-0.05, 0) is 19.4 Å². The average Bonchev–Trinajstić information content (AvgIpc) is 3.50. The molecule has 0 aliphatic carbocycles. The van der Waals surface area contributed by atoms with Gasteiger partial charge in [-0.15, -0.1) is 22.0 Å². The summed E-state index contributed by atoms with van der Waals surface area (Å²) in [5.74, 6) is -1.85. The van der Waals surface area contributed by atoms with Crippen LogP contribution in [-0.2, 0) is 19.2 Å². The molecule has 0 saturated carbocycles. The number of nitrogen functional groups attached to an aromatic ring is 1. The summed E-state index contributed by atoms with van der Waals surface area (Å²) in [6.07, 6.45) is 0. The average molecular weight is 572 g/mol. The van der Waals surface area contributed by atoms with Gasteiger partial charge in [0.15, 0.2) is 9.47 Å². The van der Waals surface area contributed by atoms with E-state index in [1.807, 2.05) is 0 Å². The number of hydrogen-bond donors (Lipinski definition) is 4. The first-order valence-corrected chi connectivity index (χ1v) is 14.1. The third-order valence-electron chi connectivity index (χ3n) is 4.87. The molecule has 0 spiro atoms. The van der Waals surface area contributed by atoms with Crippen LogP contribution in [-0.4, -0.2) is 82.6 Å². The predicted octanol–water partition coefficient (Wildman–Crippen LogP) is 0.263. The van der Waals surface area contributed by atoms with E-state index in [-0.39, 0.29) is 35.0 Å². The smallest absolute Gasteiger partial charge is 0.352 e. The number of amides is 2. The lowest BCUT2D eigenvalue weighted by atomic mass is 10.0. The van der Waals surface area contributed by atoms with Gasteiger partial charge in [-0.25, -0.2) is 4.79 Å². The van der Waals surface area contributed by atoms with E-state index < -0.39 is 29.2 Å². The predicted molar refractivity (Wildman–Crippen MR) is 135 cm³/mol. The fourth-order valence-electron chi connectivity index (χ4n) is 3.26. The summed E-state index contributed by atoms with van der Waals surface area (Å²) in [6.45, 7) is 3.69. The summed E-state index contributed by atoms with van der Waals surface area (Å²) in [5.41, 5.74) is 11.7. The molecule has 2 amide bonds. The molecular formula is C18H21N9O5S4. The van der Waals surface area contributed by atoms with E-state index in [2.05, 4.69) is 30.0 Å². The number of nitrogens with zero attached hydrogens (tertiary/aromatic N) is 6. The van der Waals surface area contributed by atoms with E-state index >= 15 is 0 Å². The number of carbonyl (C=O) groups is 3. The number of aliphatic carboxylic acids is 1. The molecule has 3 unspecified atom stereocenters. The van der Waals surface area contributed by atoms with E-state index in [1.54, 1.807) is 13.8 Å². The molecule has 6 N–H and O–H groups in total. The Morgan fingerprint density at radius 1 is 1.42 bits per heavy atom. The van der Waals surface area contributed by atoms with Crippen molar-refractivity contribution in [3.63, 3.8) is 0 Å². The lowest BCUT2D eigenvalue weighted by Gasteiger charge is -2.49. The lowest BCUT2D eigenvalue weighted by Crippen LogP contribution is -2.71. The van der Waals surface area contributed by atoms with Crippen molar-refractivity contribution in [1.82, 2.24) is 29.8 Å². The summed E-state index contributed by atoms with van der Waals surface area (Å²) >= 11 is 4.91. The Labute approximate surface area is 221 Å². The molecule has 36 heavy (non-hydrogen) atoms. The molecule has 1 fully saturated rings. The zero-order valence-corrected chi connectivity index (χ0v) is 22.2. The minimum Gasteiger partial charge on any atom is -0.477 e. The highest BCUT2D eigenvalue weighted by Crippen LogP contribution is 2.42. The highest BCUT2D eigenvalue weighted by Gasteiger charge is 2.54. The number of carboxylic acid groups (broad SMARTS) is 1. The number of nitrogens with one attached hydrogen (secondary N) is 1. The lowest BCUT2D eigenvalue weighted by molar-refractivity contribution is -0.150. The molecule has 2 aromatic rings. The van der Waals surface area contributed by atoms with Gasteiger partial charge in [-0.2, -0.15) is 9.36 Å². The third kappa shape index (κ3) is 5.31. The van der Waals surface area contributed by atoms with Crippen LogP contribution in [0.15, 0.2) is 20.8 Å². The number of oxime groups is 1. The van der Waals surface area contributed by atoms with Crippen molar-refractivity contribution in [1.29, 1.82) is 0 Å². The van der Waals surface area contributed by atoms with Gasteiger partial charge in [0.1, 0.15) is 28.7 Å². The van der Waals surface area contributed by atoms with Crippen LogP contribution in [0.3, 0.4) is 0 Å². The Morgan fingerprint density at radius 2 is 2.19 bits per heavy atom. The number of thioether (sulfide) groups is 2. The van der Waals surface area contributed by atoms with Gasteiger partial charge in [-0.3, -0.25) is 14.5 Å². The summed E-state index contributed by atoms with van der Waals surface area (Å²) in [6, 6.07) is -1.20. The van der Waals surface area contributed by atoms with Crippen molar-refractivity contribution in [3.05, 3.63) is 22.1 Å². The van der Waals surface area contributed by atoms with Crippen LogP contribution >= 0.6 is 46.4 Å². The van der Waals surface area contributed by atoms with E-state index in [4.69, 9.17) is 16.3 Å². The maximum Gasteiger partial charge on any atom is 0.352 e. The molecule has 2 aliphatic rings. The van der Waals surface area contributed by atoms with Crippen molar-refractivity contribution in [2.45, 2.75) is 35.6 Å². The second-order valence-corrected chi connectivity index (χ2v) is 11.5. The molecule has 3 atom stereocenters. The van der Waals surface area contributed by atoms with Crippen molar-refractivity contribution < 1.29 is 24.3 Å². The van der Waals surface area contributed by atoms with Crippen LogP contribution < -0.4 is 16.8 Å². The van der Waals surface area contributed by atoms with Gasteiger partial charge in [0, 0.05) is 23.0 Å². The second-order valence-electron chi connectivity index (χ2n) is 7.42. The van der Waals surface area contributed by atoms with Gasteiger partial charge in [-0.1, -0.05) is 28.3 Å². The summed E-state index contributed by atoms with van der Waals surface area (Å²) < 4.78 is 4.63. The van der Waals surface area contributed by atoms with Crippen LogP contribution in [0.25, 0.3) is 0 Å². The van der Waals surface area contributed by atoms with E-state index in [9.17, 15) is 19.5 Å². The van der Waals surface area contributed by atoms with Crippen LogP contribution in [0, 0.1) is 0 Å². The largest absolute Gasteiger partial charge is 0.477 e. The fraction of sp³-hybridized carbons (Fsp3) is 0.444. The molecule has 0 radical (unpaired) electrons. The number of carboxylic acids is 1. The highest BCUT2D eigenvalue weighted by atomic mass is 32.2. The first kappa shape index (κ1) is 26.3. The van der Waals surface area contributed by atoms with E-state index in [1.165, 1.54) is 39.8 Å². The number of nitrogens with two attached hydrogens (primary N) is 2. The van der Waals surface area contributed by atoms with Gasteiger partial charge in [0.05, 0.1) is 6.04 Å². The van der Waals surface area contributed by atoms with Crippen LogP contribution in [0.2, 0.25) is 0 Å². The van der Waals surface area contributed by atoms with Crippen LogP contribution in [0.4, 0.5) is 5.13 Å². The third-order valence-corrected chi connectivity index (χ3v) is 9.10. The normalized spacial score (nSPS) is 20.6. The molecule has 0 bridgehead atoms. The molecule has 0 aromatic carbocycles. The summed E-state index contributed by atoms with van der Waals surface area (Å²) in [5, 5.41) is 24.6. The highest BCUT2D eigenvalue weighted by molar-refractivity contribution is 8.01. The molecule has 192 valence electrons. The summed E-state index contributed by atoms with van der Waals surface area (Å²) in [4.78, 5) is 48.1. The Bertz CT molecular complexity index is 1240. The monoisotopic (exact) mass is 571 g/mol. The Balaban J connectivity index is 1.47. The maximum atomic E-state index is 13.0. The number of rotatable bonds is 10. The van der Waals surface area contributed by atoms with Crippen LogP contribution in [0.5, 0.6) is 0 Å². The first-order chi connectivity index (χ1) is 17.2. The molecule has 18 heteroatoms. The fourth-order valence-corrected chi connectivity index (χ4v) is 7.00. The zero-order valence-electron chi connectivity index (χ0n) is 18.9. The zero-order chi connectivity index (χ0) is 26.0. The van der Waals surface area contributed by atoms with E-state index in [0.29, 0.717) is 26.4 Å². The number of fused-ring (bicyclic) bond motifs is 1. The molecule has 2 aromatic heterocycles. The maximum absolute atomic E-state index is 13.0. The quantitative estimate of drug-likeness (QED) is 0.131. The Kier molecular flexibility index (Phi) is 8.08. The van der Waals surface area contributed by atoms with E-state index in [0.717, 1.165) is 11.5 Å². The second kappa shape index (κ2) is 11.1. The van der Waals surface area contributed by atoms with Gasteiger partial charge < -0.3 is 26.7 Å². The molecule has 1 saturated heterocycles. The Hall–Kier alpha value is -2.80. The SMILES string of the molecule is CCO/N=C(/C(=O)NC1C(=O)N2C(C(=O)O)=C(CSc3nnc(C(C)N)s3)CSC12)c1nsc(N)n1. The Morgan fingerprint density at radius 3 is 2.81 bits per heavy atom. The van der Waals surface area contributed by atoms with Gasteiger partial charge in [0.2, 0.25) is 11.5 Å². The number of β-lactam (4-membered cyclic amide) rings is 1. The minimum atomic E-state index is -1.22. The van der Waals surface area contributed by atoms with Crippen LogP contribution in [0.1, 0.15) is 30.7 Å². The number of aromatic nitrogens is 4. The molecular weight excluding hydrogens is 551 g/mol. The molecule has 2 aliphatic heterocycles. The number of carbonyl (C=O) groups excluding carboxylic acids is 2.